The molecule has 0 amide bonds. The van der Waals surface area contributed by atoms with Gasteiger partial charge in [0.2, 0.25) is 0 Å². The van der Waals surface area contributed by atoms with E-state index in [0.29, 0.717) is 18.0 Å². The first-order valence-corrected chi connectivity index (χ1v) is 5.80. The maximum absolute atomic E-state index is 9.09. The van der Waals surface area contributed by atoms with Gasteiger partial charge in [0.25, 0.3) is 0 Å². The van der Waals surface area contributed by atoms with Crippen molar-refractivity contribution in [2.24, 2.45) is 0 Å². The number of hydrogen-bond acceptors (Lipinski definition) is 4. The van der Waals surface area contributed by atoms with Crippen molar-refractivity contribution in [2.45, 2.75) is 6.54 Å². The summed E-state index contributed by atoms with van der Waals surface area (Å²) in [6.07, 6.45) is 1.57. The predicted molar refractivity (Wildman–Crippen MR) is 68.0 cm³/mol. The highest BCUT2D eigenvalue weighted by Gasteiger charge is 2.17. The maximum Gasteiger partial charge on any atom is 0.193 e. The van der Waals surface area contributed by atoms with E-state index in [9.17, 15) is 0 Å². The van der Waals surface area contributed by atoms with Gasteiger partial charge >= 0.3 is 0 Å². The summed E-state index contributed by atoms with van der Waals surface area (Å²) >= 11 is 0. The summed E-state index contributed by atoms with van der Waals surface area (Å²) in [5, 5.41) is 17.0. The number of benzene rings is 1. The molecular weight excluding hydrogens is 240 g/mol. The third kappa shape index (κ3) is 2.11. The van der Waals surface area contributed by atoms with Gasteiger partial charge in [-0.3, -0.25) is 0 Å². The number of aromatic nitrogens is 3. The van der Waals surface area contributed by atoms with Crippen molar-refractivity contribution in [2.75, 3.05) is 0 Å². The average Bonchev–Trinajstić information content (AvgIpc) is 3.08. The third-order valence-electron chi connectivity index (χ3n) is 2.77. The van der Waals surface area contributed by atoms with Crippen molar-refractivity contribution < 1.29 is 4.42 Å². The lowest BCUT2D eigenvalue weighted by atomic mass is 10.2. The summed E-state index contributed by atoms with van der Waals surface area (Å²) < 4.78 is 7.02. The highest BCUT2D eigenvalue weighted by atomic mass is 16.3. The molecular formula is C14H10N4O. The lowest BCUT2D eigenvalue weighted by Gasteiger charge is -2.04. The minimum Gasteiger partial charge on any atom is -0.463 e. The standard InChI is InChI=1S/C14H10N4O/c15-9-12-14(13-7-4-8-19-13)18(17-16-12)10-11-5-2-1-3-6-11/h1-8H,10H2. The molecule has 5 heteroatoms. The van der Waals surface area contributed by atoms with E-state index >= 15 is 0 Å². The van der Waals surface area contributed by atoms with Gasteiger partial charge < -0.3 is 4.42 Å². The van der Waals surface area contributed by atoms with E-state index in [4.69, 9.17) is 9.68 Å². The van der Waals surface area contributed by atoms with Gasteiger partial charge in [-0.2, -0.15) is 5.26 Å². The Morgan fingerprint density at radius 2 is 2.00 bits per heavy atom. The fraction of sp³-hybridized carbons (Fsp3) is 0.0714. The van der Waals surface area contributed by atoms with E-state index < -0.39 is 0 Å². The summed E-state index contributed by atoms with van der Waals surface area (Å²) in [6, 6.07) is 15.5. The number of rotatable bonds is 3. The molecule has 0 saturated heterocycles. The number of hydrogen-bond donors (Lipinski definition) is 0. The van der Waals surface area contributed by atoms with Gasteiger partial charge in [0.1, 0.15) is 11.8 Å². The molecule has 3 aromatic rings. The van der Waals surface area contributed by atoms with Crippen LogP contribution in [0.2, 0.25) is 0 Å². The fourth-order valence-electron chi connectivity index (χ4n) is 1.91. The predicted octanol–water partition coefficient (Wildman–Crippen LogP) is 2.46. The van der Waals surface area contributed by atoms with E-state index in [-0.39, 0.29) is 5.69 Å². The summed E-state index contributed by atoms with van der Waals surface area (Å²) in [5.74, 6) is 0.595. The lowest BCUT2D eigenvalue weighted by molar-refractivity contribution is 0.566. The molecule has 2 heterocycles. The van der Waals surface area contributed by atoms with Crippen molar-refractivity contribution >= 4 is 0 Å². The smallest absolute Gasteiger partial charge is 0.193 e. The van der Waals surface area contributed by atoms with Crippen LogP contribution in [0.15, 0.2) is 53.1 Å². The molecule has 0 aliphatic heterocycles. The first-order valence-electron chi connectivity index (χ1n) is 5.80. The highest BCUT2D eigenvalue weighted by Crippen LogP contribution is 2.22. The van der Waals surface area contributed by atoms with E-state index in [1.807, 2.05) is 36.4 Å². The molecule has 0 aliphatic carbocycles. The van der Waals surface area contributed by atoms with E-state index in [1.165, 1.54) is 0 Å². The summed E-state index contributed by atoms with van der Waals surface area (Å²) in [6.45, 7) is 0.547. The fourth-order valence-corrected chi connectivity index (χ4v) is 1.91. The Morgan fingerprint density at radius 1 is 1.16 bits per heavy atom. The second kappa shape index (κ2) is 4.78. The molecule has 0 saturated carbocycles. The van der Waals surface area contributed by atoms with Crippen molar-refractivity contribution in [3.05, 3.63) is 60.0 Å². The van der Waals surface area contributed by atoms with Gasteiger partial charge in [0.15, 0.2) is 11.5 Å². The van der Waals surface area contributed by atoms with Gasteiger partial charge in [-0.05, 0) is 17.7 Å². The number of nitrogens with zero attached hydrogens (tertiary/aromatic N) is 4. The Bertz CT molecular complexity index is 708. The molecule has 1 aromatic carbocycles. The Morgan fingerprint density at radius 3 is 2.68 bits per heavy atom. The van der Waals surface area contributed by atoms with Crippen molar-refractivity contribution in [1.82, 2.24) is 15.0 Å². The zero-order chi connectivity index (χ0) is 13.1. The van der Waals surface area contributed by atoms with Gasteiger partial charge in [-0.1, -0.05) is 35.5 Å². The van der Waals surface area contributed by atoms with E-state index in [0.717, 1.165) is 5.56 Å². The molecule has 19 heavy (non-hydrogen) atoms. The van der Waals surface area contributed by atoms with Gasteiger partial charge in [-0.25, -0.2) is 4.68 Å². The van der Waals surface area contributed by atoms with Crippen LogP contribution < -0.4 is 0 Å². The van der Waals surface area contributed by atoms with Crippen LogP contribution in [0.25, 0.3) is 11.5 Å². The Labute approximate surface area is 109 Å². The van der Waals surface area contributed by atoms with Crippen LogP contribution in [0.3, 0.4) is 0 Å². The second-order valence-corrected chi connectivity index (χ2v) is 4.02. The largest absolute Gasteiger partial charge is 0.463 e. The minimum absolute atomic E-state index is 0.269. The van der Waals surface area contributed by atoms with Gasteiger partial charge in [0, 0.05) is 0 Å². The van der Waals surface area contributed by atoms with Crippen LogP contribution >= 0.6 is 0 Å². The average molecular weight is 250 g/mol. The molecule has 0 spiro atoms. The normalized spacial score (nSPS) is 10.3. The molecule has 0 radical (unpaired) electrons. The summed E-state index contributed by atoms with van der Waals surface area (Å²) in [4.78, 5) is 0. The molecule has 0 bridgehead atoms. The van der Waals surface area contributed by atoms with Crippen LogP contribution in [-0.4, -0.2) is 15.0 Å². The summed E-state index contributed by atoms with van der Waals surface area (Å²) in [7, 11) is 0. The SMILES string of the molecule is N#Cc1nnn(Cc2ccccc2)c1-c1ccco1. The molecule has 5 nitrogen and oxygen atoms in total. The molecule has 0 fully saturated rings. The van der Waals surface area contributed by atoms with E-state index in [2.05, 4.69) is 10.3 Å². The van der Waals surface area contributed by atoms with Crippen molar-refractivity contribution in [3.8, 4) is 17.5 Å². The van der Waals surface area contributed by atoms with Crippen molar-refractivity contribution in [3.63, 3.8) is 0 Å². The number of furan rings is 1. The zero-order valence-electron chi connectivity index (χ0n) is 10.0. The van der Waals surface area contributed by atoms with Crippen LogP contribution in [0.5, 0.6) is 0 Å². The molecule has 0 N–H and O–H groups in total. The molecule has 3 rings (SSSR count). The molecule has 92 valence electrons. The minimum atomic E-state index is 0.269. The van der Waals surface area contributed by atoms with Gasteiger partial charge in [-0.15, -0.1) is 5.10 Å². The van der Waals surface area contributed by atoms with Gasteiger partial charge in [0.05, 0.1) is 12.8 Å². The highest BCUT2D eigenvalue weighted by molar-refractivity contribution is 5.59. The van der Waals surface area contributed by atoms with Crippen molar-refractivity contribution in [1.29, 1.82) is 5.26 Å². The zero-order valence-corrected chi connectivity index (χ0v) is 10.0. The maximum atomic E-state index is 9.09. The Balaban J connectivity index is 2.04. The molecule has 0 unspecified atom stereocenters. The third-order valence-corrected chi connectivity index (χ3v) is 2.77. The Hall–Kier alpha value is -2.87. The summed E-state index contributed by atoms with van der Waals surface area (Å²) in [5.41, 5.74) is 1.96. The molecule has 2 aromatic heterocycles. The quantitative estimate of drug-likeness (QED) is 0.716. The number of nitriles is 1. The van der Waals surface area contributed by atoms with Crippen LogP contribution in [0, 0.1) is 11.3 Å². The monoisotopic (exact) mass is 250 g/mol. The first-order chi connectivity index (χ1) is 9.38. The topological polar surface area (TPSA) is 67.6 Å². The second-order valence-electron chi connectivity index (χ2n) is 4.02. The molecule has 0 atom stereocenters. The Kier molecular flexibility index (Phi) is 2.83. The van der Waals surface area contributed by atoms with Crippen LogP contribution in [-0.2, 0) is 6.54 Å². The molecule has 0 aliphatic rings. The van der Waals surface area contributed by atoms with E-state index in [1.54, 1.807) is 23.1 Å². The van der Waals surface area contributed by atoms with Crippen LogP contribution in [0.4, 0.5) is 0 Å². The lowest BCUT2D eigenvalue weighted by Crippen LogP contribution is -2.03. The first kappa shape index (κ1) is 11.2. The van der Waals surface area contributed by atoms with Crippen LogP contribution in [0.1, 0.15) is 11.3 Å².